The van der Waals surface area contributed by atoms with Gasteiger partial charge in [0.05, 0.1) is 12.1 Å². The number of halogens is 1. The smallest absolute Gasteiger partial charge is 0.152 e. The molecule has 0 aliphatic carbocycles. The molecular formula is C10H8FNO. The molecule has 0 unspecified atom stereocenters. The van der Waals surface area contributed by atoms with Crippen molar-refractivity contribution in [1.82, 2.24) is 0 Å². The summed E-state index contributed by atoms with van der Waals surface area (Å²) < 4.78 is 12.9. The van der Waals surface area contributed by atoms with Gasteiger partial charge in [-0.25, -0.2) is 4.39 Å². The van der Waals surface area contributed by atoms with E-state index >= 15 is 0 Å². The molecule has 0 atom stereocenters. The lowest BCUT2D eigenvalue weighted by atomic mass is 10.1. The van der Waals surface area contributed by atoms with Gasteiger partial charge in [0.2, 0.25) is 0 Å². The molecule has 1 aromatic rings. The van der Waals surface area contributed by atoms with E-state index in [0.29, 0.717) is 11.8 Å². The largest absolute Gasteiger partial charge is 0.320 e. The van der Waals surface area contributed by atoms with Crippen molar-refractivity contribution in [2.45, 2.75) is 0 Å². The number of nitrogens with two attached hydrogens (primary N) is 1. The van der Waals surface area contributed by atoms with E-state index in [9.17, 15) is 9.18 Å². The molecule has 1 rings (SSSR count). The van der Waals surface area contributed by atoms with Crippen LogP contribution >= 0.6 is 0 Å². The van der Waals surface area contributed by atoms with Crippen molar-refractivity contribution in [2.75, 3.05) is 6.54 Å². The molecule has 0 aliphatic heterocycles. The van der Waals surface area contributed by atoms with Crippen LogP contribution in [0.3, 0.4) is 0 Å². The molecule has 3 heteroatoms. The van der Waals surface area contributed by atoms with Crippen molar-refractivity contribution in [1.29, 1.82) is 0 Å². The van der Waals surface area contributed by atoms with Crippen molar-refractivity contribution in [3.63, 3.8) is 0 Å². The highest BCUT2D eigenvalue weighted by atomic mass is 19.1. The van der Waals surface area contributed by atoms with E-state index in [2.05, 4.69) is 11.8 Å². The summed E-state index contributed by atoms with van der Waals surface area (Å²) in [6.45, 7) is 0.233. The Morgan fingerprint density at radius 1 is 1.54 bits per heavy atom. The van der Waals surface area contributed by atoms with Crippen molar-refractivity contribution in [3.8, 4) is 11.8 Å². The Kier molecular flexibility index (Phi) is 3.18. The second-order valence-corrected chi connectivity index (χ2v) is 2.36. The maximum Gasteiger partial charge on any atom is 0.152 e. The minimum Gasteiger partial charge on any atom is -0.320 e. The van der Waals surface area contributed by atoms with E-state index < -0.39 is 5.82 Å². The van der Waals surface area contributed by atoms with Gasteiger partial charge in [0.25, 0.3) is 0 Å². The molecule has 0 heterocycles. The number of benzene rings is 1. The van der Waals surface area contributed by atoms with E-state index in [4.69, 9.17) is 5.73 Å². The molecule has 0 spiro atoms. The molecule has 0 bridgehead atoms. The zero-order valence-corrected chi connectivity index (χ0v) is 6.88. The molecule has 0 saturated heterocycles. The molecule has 1 aromatic carbocycles. The SMILES string of the molecule is NCC#Cc1ccc(C=O)c(F)c1. The van der Waals surface area contributed by atoms with Crippen LogP contribution in [0.5, 0.6) is 0 Å². The highest BCUT2D eigenvalue weighted by Crippen LogP contribution is 2.07. The van der Waals surface area contributed by atoms with E-state index in [1.54, 1.807) is 6.07 Å². The van der Waals surface area contributed by atoms with Crippen molar-refractivity contribution < 1.29 is 9.18 Å². The van der Waals surface area contributed by atoms with Crippen molar-refractivity contribution >= 4 is 6.29 Å². The Morgan fingerprint density at radius 2 is 2.31 bits per heavy atom. The van der Waals surface area contributed by atoms with Gasteiger partial charge in [-0.15, -0.1) is 0 Å². The number of hydrogen-bond donors (Lipinski definition) is 1. The molecule has 0 aliphatic rings. The van der Waals surface area contributed by atoms with E-state index in [1.165, 1.54) is 12.1 Å². The van der Waals surface area contributed by atoms with Crippen LogP contribution in [0, 0.1) is 17.7 Å². The average Bonchev–Trinajstić information content (AvgIpc) is 2.15. The van der Waals surface area contributed by atoms with Crippen LogP contribution in [-0.2, 0) is 0 Å². The van der Waals surface area contributed by atoms with Gasteiger partial charge in [-0.2, -0.15) is 0 Å². The predicted octanol–water partition coefficient (Wildman–Crippen LogP) is 0.948. The molecule has 0 radical (unpaired) electrons. The topological polar surface area (TPSA) is 43.1 Å². The maximum atomic E-state index is 12.9. The lowest BCUT2D eigenvalue weighted by molar-refractivity contribution is 0.112. The first kappa shape index (κ1) is 9.43. The highest BCUT2D eigenvalue weighted by molar-refractivity contribution is 5.75. The molecule has 13 heavy (non-hydrogen) atoms. The Bertz CT molecular complexity index is 376. The fraction of sp³-hybridized carbons (Fsp3) is 0.100. The molecule has 0 fully saturated rings. The van der Waals surface area contributed by atoms with Crippen molar-refractivity contribution in [2.24, 2.45) is 5.73 Å². The Balaban J connectivity index is 3.02. The highest BCUT2D eigenvalue weighted by Gasteiger charge is 1.99. The first-order valence-electron chi connectivity index (χ1n) is 3.71. The first-order chi connectivity index (χ1) is 6.27. The van der Waals surface area contributed by atoms with Crippen molar-refractivity contribution in [3.05, 3.63) is 35.1 Å². The number of hydrogen-bond acceptors (Lipinski definition) is 2. The van der Waals surface area contributed by atoms with Gasteiger partial charge in [0.1, 0.15) is 5.82 Å². The molecular weight excluding hydrogens is 169 g/mol. The van der Waals surface area contributed by atoms with E-state index in [1.807, 2.05) is 0 Å². The summed E-state index contributed by atoms with van der Waals surface area (Å²) in [7, 11) is 0. The standard InChI is InChI=1S/C10H8FNO/c11-10-6-8(2-1-5-12)3-4-9(10)7-13/h3-4,6-7H,5,12H2. The van der Waals surface area contributed by atoms with E-state index in [0.717, 1.165) is 0 Å². The number of carbonyl (C=O) groups excluding carboxylic acids is 1. The van der Waals surface area contributed by atoms with Crippen LogP contribution in [0.2, 0.25) is 0 Å². The third-order valence-corrected chi connectivity index (χ3v) is 1.46. The van der Waals surface area contributed by atoms with Gasteiger partial charge in [0, 0.05) is 5.56 Å². The van der Waals surface area contributed by atoms with Gasteiger partial charge in [-0.3, -0.25) is 4.79 Å². The van der Waals surface area contributed by atoms with E-state index in [-0.39, 0.29) is 12.1 Å². The van der Waals surface area contributed by atoms with Gasteiger partial charge >= 0.3 is 0 Å². The van der Waals surface area contributed by atoms with Crippen LogP contribution in [0.15, 0.2) is 18.2 Å². The Labute approximate surface area is 75.6 Å². The van der Waals surface area contributed by atoms with Crippen LogP contribution in [0.4, 0.5) is 4.39 Å². The maximum absolute atomic E-state index is 12.9. The first-order valence-corrected chi connectivity index (χ1v) is 3.71. The summed E-state index contributed by atoms with van der Waals surface area (Å²) in [4.78, 5) is 10.3. The fourth-order valence-corrected chi connectivity index (χ4v) is 0.854. The second-order valence-electron chi connectivity index (χ2n) is 2.36. The van der Waals surface area contributed by atoms with Crippen LogP contribution in [0.25, 0.3) is 0 Å². The van der Waals surface area contributed by atoms with Gasteiger partial charge < -0.3 is 5.73 Å². The second kappa shape index (κ2) is 4.39. The summed E-state index contributed by atoms with van der Waals surface area (Å²) in [5, 5.41) is 0. The minimum absolute atomic E-state index is 0.0401. The van der Waals surface area contributed by atoms with Crippen LogP contribution in [0.1, 0.15) is 15.9 Å². The summed E-state index contributed by atoms with van der Waals surface area (Å²) >= 11 is 0. The number of carbonyl (C=O) groups is 1. The third kappa shape index (κ3) is 2.39. The van der Waals surface area contributed by atoms with Gasteiger partial charge in [0.15, 0.2) is 6.29 Å². The number of aldehydes is 1. The van der Waals surface area contributed by atoms with Gasteiger partial charge in [-0.05, 0) is 18.2 Å². The van der Waals surface area contributed by atoms with Crippen LogP contribution < -0.4 is 5.73 Å². The summed E-state index contributed by atoms with van der Waals surface area (Å²) in [5.74, 6) is 4.70. The normalized spacial score (nSPS) is 8.77. The molecule has 0 aromatic heterocycles. The average molecular weight is 177 g/mol. The lowest BCUT2D eigenvalue weighted by Gasteiger charge is -1.94. The molecule has 66 valence electrons. The van der Waals surface area contributed by atoms with Gasteiger partial charge in [-0.1, -0.05) is 11.8 Å². The quantitative estimate of drug-likeness (QED) is 0.512. The number of rotatable bonds is 1. The Morgan fingerprint density at radius 3 is 2.85 bits per heavy atom. The molecule has 0 saturated carbocycles. The summed E-state index contributed by atoms with van der Waals surface area (Å²) in [6.07, 6.45) is 0.468. The summed E-state index contributed by atoms with van der Waals surface area (Å²) in [6, 6.07) is 4.19. The Hall–Kier alpha value is -1.66. The van der Waals surface area contributed by atoms with Crippen LogP contribution in [-0.4, -0.2) is 12.8 Å². The summed E-state index contributed by atoms with van der Waals surface area (Å²) in [5.41, 5.74) is 5.71. The predicted molar refractivity (Wildman–Crippen MR) is 47.7 cm³/mol. The minimum atomic E-state index is -0.557. The molecule has 2 nitrogen and oxygen atoms in total. The lowest BCUT2D eigenvalue weighted by Crippen LogP contribution is -1.93. The molecule has 0 amide bonds. The fourth-order valence-electron chi connectivity index (χ4n) is 0.854. The third-order valence-electron chi connectivity index (χ3n) is 1.46. The molecule has 2 N–H and O–H groups in total. The monoisotopic (exact) mass is 177 g/mol. The zero-order valence-electron chi connectivity index (χ0n) is 6.88. The zero-order chi connectivity index (χ0) is 9.68.